The van der Waals surface area contributed by atoms with E-state index in [1.54, 1.807) is 0 Å². The first-order valence-electron chi connectivity index (χ1n) is 7.54. The van der Waals surface area contributed by atoms with Crippen LogP contribution in [0.15, 0.2) is 0 Å². The summed E-state index contributed by atoms with van der Waals surface area (Å²) in [6.45, 7) is 0. The van der Waals surface area contributed by atoms with Crippen LogP contribution in [0.4, 0.5) is 0 Å². The van der Waals surface area contributed by atoms with E-state index in [1.807, 2.05) is 0 Å². The summed E-state index contributed by atoms with van der Waals surface area (Å²) < 4.78 is 19.0. The predicted molar refractivity (Wildman–Crippen MR) is 81.2 cm³/mol. The zero-order valence-corrected chi connectivity index (χ0v) is 14.0. The SMILES string of the molecule is O=C(CBr)OP(=O)(C1CCCCC1)C1CCCCC1. The monoisotopic (exact) mass is 350 g/mol. The minimum Gasteiger partial charge on any atom is -0.411 e. The molecule has 2 rings (SSSR count). The second-order valence-electron chi connectivity index (χ2n) is 5.83. The van der Waals surface area contributed by atoms with Gasteiger partial charge in [-0.15, -0.1) is 0 Å². The van der Waals surface area contributed by atoms with Crippen molar-refractivity contribution >= 4 is 29.3 Å². The largest absolute Gasteiger partial charge is 0.411 e. The van der Waals surface area contributed by atoms with Gasteiger partial charge in [0.05, 0.1) is 0 Å². The Morgan fingerprint density at radius 2 is 1.37 bits per heavy atom. The minimum absolute atomic E-state index is 0.132. The number of alkyl halides is 1. The van der Waals surface area contributed by atoms with Crippen LogP contribution in [0.2, 0.25) is 0 Å². The summed E-state index contributed by atoms with van der Waals surface area (Å²) in [6.07, 6.45) is 10.9. The Kier molecular flexibility index (Phi) is 5.95. The highest BCUT2D eigenvalue weighted by molar-refractivity contribution is 9.09. The molecule has 0 heterocycles. The van der Waals surface area contributed by atoms with E-state index < -0.39 is 7.37 Å². The number of halogens is 1. The second kappa shape index (κ2) is 7.26. The molecular weight excluding hydrogens is 327 g/mol. The van der Waals surface area contributed by atoms with Crippen LogP contribution in [0.25, 0.3) is 0 Å². The van der Waals surface area contributed by atoms with Crippen molar-refractivity contribution in [2.45, 2.75) is 75.5 Å². The Hall–Kier alpha value is 0.180. The third-order valence-electron chi connectivity index (χ3n) is 4.52. The third kappa shape index (κ3) is 3.85. The van der Waals surface area contributed by atoms with Crippen molar-refractivity contribution in [3.63, 3.8) is 0 Å². The van der Waals surface area contributed by atoms with Crippen molar-refractivity contribution in [1.82, 2.24) is 0 Å². The Morgan fingerprint density at radius 1 is 0.947 bits per heavy atom. The molecule has 0 unspecified atom stereocenters. The first-order valence-corrected chi connectivity index (χ1v) is 10.4. The van der Waals surface area contributed by atoms with E-state index in [0.717, 1.165) is 51.4 Å². The molecule has 0 aromatic rings. The molecule has 0 aliphatic heterocycles. The fourth-order valence-corrected chi connectivity index (χ4v) is 7.25. The molecule has 2 aliphatic carbocycles. The third-order valence-corrected chi connectivity index (χ3v) is 8.54. The lowest BCUT2D eigenvalue weighted by Crippen LogP contribution is -2.26. The molecular formula is C14H24BrO3P. The van der Waals surface area contributed by atoms with Gasteiger partial charge in [-0.2, -0.15) is 0 Å². The predicted octanol–water partition coefficient (Wildman–Crippen LogP) is 4.87. The minimum atomic E-state index is -2.82. The lowest BCUT2D eigenvalue weighted by atomic mass is 10.00. The molecule has 0 aromatic carbocycles. The molecule has 3 nitrogen and oxygen atoms in total. The van der Waals surface area contributed by atoms with E-state index in [1.165, 1.54) is 12.8 Å². The second-order valence-corrected chi connectivity index (χ2v) is 9.32. The van der Waals surface area contributed by atoms with Gasteiger partial charge in [-0.1, -0.05) is 54.5 Å². The average molecular weight is 351 g/mol. The van der Waals surface area contributed by atoms with Crippen LogP contribution >= 0.6 is 23.3 Å². The highest BCUT2D eigenvalue weighted by atomic mass is 79.9. The maximum absolute atomic E-state index is 13.4. The van der Waals surface area contributed by atoms with Crippen LogP contribution in [0.5, 0.6) is 0 Å². The maximum atomic E-state index is 13.4. The Labute approximate surface area is 124 Å². The van der Waals surface area contributed by atoms with E-state index in [-0.39, 0.29) is 22.6 Å². The highest BCUT2D eigenvalue weighted by Crippen LogP contribution is 2.63. The van der Waals surface area contributed by atoms with Crippen LogP contribution < -0.4 is 0 Å². The molecule has 0 aromatic heterocycles. The number of carbonyl (C=O) groups is 1. The fraction of sp³-hybridized carbons (Fsp3) is 0.929. The standard InChI is InChI=1S/C14H24BrO3P/c15-11-14(16)18-19(17,12-7-3-1-4-8-12)13-9-5-2-6-10-13/h12-13H,1-11H2. The van der Waals surface area contributed by atoms with Crippen LogP contribution in [-0.2, 0) is 13.9 Å². The van der Waals surface area contributed by atoms with E-state index in [4.69, 9.17) is 4.52 Å². The van der Waals surface area contributed by atoms with Crippen LogP contribution in [0, 0.1) is 0 Å². The van der Waals surface area contributed by atoms with Crippen LogP contribution in [0.3, 0.4) is 0 Å². The van der Waals surface area contributed by atoms with Gasteiger partial charge < -0.3 is 4.52 Å². The van der Waals surface area contributed by atoms with Gasteiger partial charge in [-0.25, -0.2) is 0 Å². The van der Waals surface area contributed by atoms with Gasteiger partial charge in [0.15, 0.2) is 0 Å². The fourth-order valence-electron chi connectivity index (χ4n) is 3.51. The summed E-state index contributed by atoms with van der Waals surface area (Å²) in [5.74, 6) is -0.348. The Bertz CT molecular complexity index is 325. The molecule has 110 valence electrons. The zero-order chi connectivity index (χ0) is 13.7. The van der Waals surface area contributed by atoms with Gasteiger partial charge in [-0.3, -0.25) is 9.36 Å². The van der Waals surface area contributed by atoms with Crippen molar-refractivity contribution in [3.8, 4) is 0 Å². The average Bonchev–Trinajstić information content (AvgIpc) is 2.48. The summed E-state index contributed by atoms with van der Waals surface area (Å²) in [5.41, 5.74) is 0.264. The van der Waals surface area contributed by atoms with Gasteiger partial charge in [0.2, 0.25) is 0 Å². The lowest BCUT2D eigenvalue weighted by Gasteiger charge is -2.36. The number of hydrogen-bond acceptors (Lipinski definition) is 3. The molecule has 0 spiro atoms. The molecule has 0 atom stereocenters. The quantitative estimate of drug-likeness (QED) is 0.536. The molecule has 2 fully saturated rings. The summed E-state index contributed by atoms with van der Waals surface area (Å²) in [7, 11) is -2.82. The van der Waals surface area contributed by atoms with Gasteiger partial charge in [0, 0.05) is 11.3 Å². The molecule has 19 heavy (non-hydrogen) atoms. The molecule has 2 aliphatic rings. The molecule has 0 radical (unpaired) electrons. The number of rotatable bonds is 4. The summed E-state index contributed by atoms with van der Waals surface area (Å²) in [5, 5.41) is 0.149. The Morgan fingerprint density at radius 3 is 1.74 bits per heavy atom. The van der Waals surface area contributed by atoms with Gasteiger partial charge in [0.1, 0.15) is 5.33 Å². The zero-order valence-electron chi connectivity index (χ0n) is 11.5. The van der Waals surface area contributed by atoms with Gasteiger partial charge >= 0.3 is 5.97 Å². The summed E-state index contributed by atoms with van der Waals surface area (Å²) in [4.78, 5) is 11.7. The lowest BCUT2D eigenvalue weighted by molar-refractivity contribution is -0.131. The van der Waals surface area contributed by atoms with Crippen LogP contribution in [-0.4, -0.2) is 22.6 Å². The molecule has 0 amide bonds. The smallest absolute Gasteiger partial charge is 0.321 e. The number of carbonyl (C=O) groups excluding carboxylic acids is 1. The first-order chi connectivity index (χ1) is 9.16. The van der Waals surface area contributed by atoms with Crippen LogP contribution in [0.1, 0.15) is 64.2 Å². The van der Waals surface area contributed by atoms with Crippen molar-refractivity contribution < 1.29 is 13.9 Å². The first kappa shape index (κ1) is 15.6. The summed E-state index contributed by atoms with van der Waals surface area (Å²) >= 11 is 3.12. The number of hydrogen-bond donors (Lipinski definition) is 0. The van der Waals surface area contributed by atoms with Crippen molar-refractivity contribution in [2.75, 3.05) is 5.33 Å². The van der Waals surface area contributed by atoms with Crippen molar-refractivity contribution in [2.24, 2.45) is 0 Å². The van der Waals surface area contributed by atoms with E-state index in [9.17, 15) is 9.36 Å². The molecule has 0 N–H and O–H groups in total. The molecule has 2 saturated carbocycles. The summed E-state index contributed by atoms with van der Waals surface area (Å²) in [6, 6.07) is 0. The maximum Gasteiger partial charge on any atom is 0.321 e. The van der Waals surface area contributed by atoms with Crippen molar-refractivity contribution in [3.05, 3.63) is 0 Å². The van der Waals surface area contributed by atoms with E-state index >= 15 is 0 Å². The van der Waals surface area contributed by atoms with Crippen molar-refractivity contribution in [1.29, 1.82) is 0 Å². The molecule has 0 bridgehead atoms. The van der Waals surface area contributed by atoms with Gasteiger partial charge in [-0.05, 0) is 25.7 Å². The van der Waals surface area contributed by atoms with E-state index in [2.05, 4.69) is 15.9 Å². The topological polar surface area (TPSA) is 43.4 Å². The Balaban J connectivity index is 2.14. The highest BCUT2D eigenvalue weighted by Gasteiger charge is 2.44. The van der Waals surface area contributed by atoms with Gasteiger partial charge in [0.25, 0.3) is 7.37 Å². The molecule has 0 saturated heterocycles. The van der Waals surface area contributed by atoms with E-state index in [0.29, 0.717) is 0 Å². The normalized spacial score (nSPS) is 23.2. The molecule has 5 heteroatoms.